The van der Waals surface area contributed by atoms with Crippen molar-refractivity contribution in [1.29, 1.82) is 0 Å². The number of halogens is 2. The predicted octanol–water partition coefficient (Wildman–Crippen LogP) is 6.60. The van der Waals surface area contributed by atoms with Gasteiger partial charge in [-0.15, -0.1) is 0 Å². The maximum absolute atomic E-state index is 13.6. The Morgan fingerprint density at radius 3 is 2.04 bits per heavy atom. The molecule has 0 bridgehead atoms. The number of anilines is 1. The van der Waals surface area contributed by atoms with E-state index in [9.17, 15) is 23.2 Å². The van der Waals surface area contributed by atoms with Gasteiger partial charge in [-0.05, 0) is 111 Å². The van der Waals surface area contributed by atoms with E-state index in [1.54, 1.807) is 29.2 Å². The number of hydrogen-bond donors (Lipinski definition) is 4. The molecule has 1 aliphatic heterocycles. The lowest BCUT2D eigenvalue weighted by atomic mass is 9.78. The molecule has 1 heterocycles. The lowest BCUT2D eigenvalue weighted by Gasteiger charge is -2.48. The van der Waals surface area contributed by atoms with Crippen molar-refractivity contribution >= 4 is 19.4 Å². The zero-order chi connectivity index (χ0) is 32.9. The minimum absolute atomic E-state index is 0.0701. The molecule has 0 saturated carbocycles. The van der Waals surface area contributed by atoms with E-state index in [-0.39, 0.29) is 36.1 Å². The van der Waals surface area contributed by atoms with Crippen LogP contribution in [-0.2, 0) is 13.9 Å². The van der Waals surface area contributed by atoms with Gasteiger partial charge in [-0.2, -0.15) is 0 Å². The van der Waals surface area contributed by atoms with Crippen LogP contribution in [0.25, 0.3) is 0 Å². The zero-order valence-corrected chi connectivity index (χ0v) is 26.7. The quantitative estimate of drug-likeness (QED) is 0.0607. The van der Waals surface area contributed by atoms with Gasteiger partial charge in [0.25, 0.3) is 0 Å². The van der Waals surface area contributed by atoms with E-state index in [0.717, 1.165) is 56.5 Å². The Morgan fingerprint density at radius 1 is 0.804 bits per heavy atom. The number of carbonyl (C=O) groups is 1. The zero-order valence-electron chi connectivity index (χ0n) is 25.8. The van der Waals surface area contributed by atoms with Crippen molar-refractivity contribution in [1.82, 2.24) is 5.32 Å². The summed E-state index contributed by atoms with van der Waals surface area (Å²) in [6.07, 6.45) is 5.21. The van der Waals surface area contributed by atoms with Gasteiger partial charge in [0.1, 0.15) is 17.4 Å². The second kappa shape index (κ2) is 17.7. The van der Waals surface area contributed by atoms with E-state index in [0.29, 0.717) is 37.1 Å². The number of hydrogen-bond acceptors (Lipinski definition) is 6. The molecule has 4 rings (SSSR count). The third-order valence-corrected chi connectivity index (χ3v) is 8.59. The van der Waals surface area contributed by atoms with Crippen molar-refractivity contribution in [2.24, 2.45) is 5.92 Å². The fourth-order valence-corrected chi connectivity index (χ4v) is 5.97. The van der Waals surface area contributed by atoms with Crippen LogP contribution in [0.5, 0.6) is 5.75 Å². The lowest BCUT2D eigenvalue weighted by molar-refractivity contribution is -0.131. The van der Waals surface area contributed by atoms with Gasteiger partial charge in [-0.25, -0.2) is 13.3 Å². The second-order valence-corrected chi connectivity index (χ2v) is 12.7. The monoisotopic (exact) mass is 660 g/mol. The Labute approximate surface area is 268 Å². The van der Waals surface area contributed by atoms with E-state index >= 15 is 0 Å². The average molecular weight is 661 g/mol. The highest BCUT2D eigenvalue weighted by atomic mass is 31.2. The third kappa shape index (κ3) is 11.0. The number of ether oxygens (including phenoxy) is 1. The SMILES string of the molecule is O=C1C(CCC(O)c2ccc(F)cc2)C(c2ccc(OCCCCNCCCCCCOP(=O)(O)O)cc2)N1c1ccc(F)cc1. The van der Waals surface area contributed by atoms with Gasteiger partial charge in [0.2, 0.25) is 5.91 Å². The summed E-state index contributed by atoms with van der Waals surface area (Å²) >= 11 is 0. The molecule has 1 amide bonds. The number of benzene rings is 3. The number of carbonyl (C=O) groups excluding carboxylic acids is 1. The summed E-state index contributed by atoms with van der Waals surface area (Å²) in [5, 5.41) is 14.1. The summed E-state index contributed by atoms with van der Waals surface area (Å²) in [7, 11) is -4.36. The molecule has 1 aliphatic rings. The highest BCUT2D eigenvalue weighted by Gasteiger charge is 2.48. The maximum Gasteiger partial charge on any atom is 0.469 e. The lowest BCUT2D eigenvalue weighted by Crippen LogP contribution is -2.55. The number of rotatable bonds is 20. The molecule has 1 saturated heterocycles. The van der Waals surface area contributed by atoms with Crippen molar-refractivity contribution in [2.75, 3.05) is 31.2 Å². The minimum Gasteiger partial charge on any atom is -0.494 e. The van der Waals surface area contributed by atoms with Gasteiger partial charge in [-0.1, -0.05) is 37.1 Å². The van der Waals surface area contributed by atoms with Crippen LogP contribution >= 0.6 is 7.82 Å². The van der Waals surface area contributed by atoms with Crippen LogP contribution in [0.3, 0.4) is 0 Å². The number of nitrogens with one attached hydrogen (secondary N) is 1. The first-order valence-electron chi connectivity index (χ1n) is 15.8. The van der Waals surface area contributed by atoms with Crippen LogP contribution in [0.2, 0.25) is 0 Å². The van der Waals surface area contributed by atoms with Crippen LogP contribution in [0, 0.1) is 17.6 Å². The van der Waals surface area contributed by atoms with Crippen molar-refractivity contribution in [3.8, 4) is 5.75 Å². The minimum atomic E-state index is -4.36. The molecule has 4 N–H and O–H groups in total. The van der Waals surface area contributed by atoms with Crippen molar-refractivity contribution in [2.45, 2.75) is 63.5 Å². The van der Waals surface area contributed by atoms with E-state index in [2.05, 4.69) is 9.84 Å². The average Bonchev–Trinajstić information content (AvgIpc) is 3.03. The molecule has 250 valence electrons. The van der Waals surface area contributed by atoms with Gasteiger partial charge in [0.05, 0.1) is 31.3 Å². The molecule has 3 unspecified atom stereocenters. The number of aliphatic hydroxyl groups excluding tert-OH is 1. The van der Waals surface area contributed by atoms with Crippen LogP contribution in [-0.4, -0.2) is 47.1 Å². The van der Waals surface area contributed by atoms with Crippen LogP contribution in [0.15, 0.2) is 72.8 Å². The molecule has 9 nitrogen and oxygen atoms in total. The van der Waals surface area contributed by atoms with E-state index in [1.807, 2.05) is 24.3 Å². The van der Waals surface area contributed by atoms with Gasteiger partial charge < -0.3 is 29.8 Å². The molecule has 0 aliphatic carbocycles. The second-order valence-electron chi connectivity index (χ2n) is 11.5. The Kier molecular flexibility index (Phi) is 13.7. The third-order valence-electron chi connectivity index (χ3n) is 8.07. The molecule has 46 heavy (non-hydrogen) atoms. The predicted molar refractivity (Wildman–Crippen MR) is 171 cm³/mol. The number of phosphoric ester groups is 1. The normalized spacial score (nSPS) is 17.2. The van der Waals surface area contributed by atoms with Gasteiger partial charge in [0, 0.05) is 5.69 Å². The smallest absolute Gasteiger partial charge is 0.469 e. The van der Waals surface area contributed by atoms with Crippen molar-refractivity contribution < 1.29 is 42.3 Å². The molecule has 3 aromatic rings. The number of aliphatic hydroxyl groups is 1. The maximum atomic E-state index is 13.6. The largest absolute Gasteiger partial charge is 0.494 e. The topological polar surface area (TPSA) is 129 Å². The first-order valence-corrected chi connectivity index (χ1v) is 17.3. The summed E-state index contributed by atoms with van der Waals surface area (Å²) in [6.45, 7) is 2.39. The molecule has 12 heteroatoms. The van der Waals surface area contributed by atoms with Crippen LogP contribution < -0.4 is 15.0 Å². The Hall–Kier alpha value is -3.18. The number of nitrogens with zero attached hydrogens (tertiary/aromatic N) is 1. The fourth-order valence-electron chi connectivity index (χ4n) is 5.61. The summed E-state index contributed by atoms with van der Waals surface area (Å²) in [4.78, 5) is 32.3. The van der Waals surface area contributed by atoms with E-state index < -0.39 is 13.9 Å². The summed E-state index contributed by atoms with van der Waals surface area (Å²) in [5.74, 6) is -0.503. The molecular weight excluding hydrogens is 617 g/mol. The molecule has 3 atom stereocenters. The van der Waals surface area contributed by atoms with Gasteiger partial charge in [0.15, 0.2) is 0 Å². The number of phosphoric acid groups is 1. The number of amides is 1. The molecule has 0 radical (unpaired) electrons. The molecule has 0 spiro atoms. The molecule has 1 fully saturated rings. The Balaban J connectivity index is 1.21. The highest BCUT2D eigenvalue weighted by molar-refractivity contribution is 7.46. The molecule has 3 aromatic carbocycles. The van der Waals surface area contributed by atoms with E-state index in [1.165, 1.54) is 24.3 Å². The molecular formula is C34H43F2N2O7P. The van der Waals surface area contributed by atoms with E-state index in [4.69, 9.17) is 14.5 Å². The fraction of sp³-hybridized carbons (Fsp3) is 0.441. The summed E-state index contributed by atoms with van der Waals surface area (Å²) in [6, 6.07) is 18.9. The Bertz CT molecular complexity index is 1400. The first kappa shape index (κ1) is 35.7. The van der Waals surface area contributed by atoms with Crippen molar-refractivity contribution in [3.63, 3.8) is 0 Å². The number of unbranched alkanes of at least 4 members (excludes halogenated alkanes) is 4. The standard InChI is InChI=1S/C34H43F2N2O7P/c35-27-11-7-25(8-12-27)32(39)20-19-31-33(38(34(31)40)29-15-13-28(36)14-16-29)26-9-17-30(18-10-26)44-23-6-4-22-37-21-3-1-2-5-24-45-46(41,42)43/h7-18,31-33,37,39H,1-6,19-24H2,(H2,41,42,43). The van der Waals surface area contributed by atoms with Gasteiger partial charge >= 0.3 is 7.82 Å². The van der Waals surface area contributed by atoms with Gasteiger partial charge in [-0.3, -0.25) is 9.32 Å². The number of β-lactam (4-membered cyclic amide) rings is 1. The summed E-state index contributed by atoms with van der Waals surface area (Å²) in [5.41, 5.74) is 2.11. The Morgan fingerprint density at radius 2 is 1.39 bits per heavy atom. The van der Waals surface area contributed by atoms with Crippen molar-refractivity contribution in [3.05, 3.63) is 95.6 Å². The van der Waals surface area contributed by atoms with Crippen LogP contribution in [0.4, 0.5) is 14.5 Å². The highest BCUT2D eigenvalue weighted by Crippen LogP contribution is 2.46. The first-order chi connectivity index (χ1) is 22.1. The molecule has 0 aromatic heterocycles. The van der Waals surface area contributed by atoms with Crippen LogP contribution in [0.1, 0.15) is 74.6 Å². The summed E-state index contributed by atoms with van der Waals surface area (Å²) < 4.78 is 47.9.